The van der Waals surface area contributed by atoms with Gasteiger partial charge in [-0.1, -0.05) is 18.2 Å². The van der Waals surface area contributed by atoms with Crippen molar-refractivity contribution in [2.75, 3.05) is 29.6 Å². The second-order valence-corrected chi connectivity index (χ2v) is 8.40. The van der Waals surface area contributed by atoms with E-state index in [4.69, 9.17) is 0 Å². The summed E-state index contributed by atoms with van der Waals surface area (Å²) in [4.78, 5) is 23.6. The van der Waals surface area contributed by atoms with Gasteiger partial charge in [0.15, 0.2) is 0 Å². The van der Waals surface area contributed by atoms with Gasteiger partial charge in [-0.15, -0.1) is 0 Å². The number of nitrogens with one attached hydrogen (secondary N) is 2. The molecule has 0 radical (unpaired) electrons. The molecule has 1 heterocycles. The van der Waals surface area contributed by atoms with E-state index >= 15 is 0 Å². The van der Waals surface area contributed by atoms with Crippen LogP contribution in [0.1, 0.15) is 24.2 Å². The van der Waals surface area contributed by atoms with Crippen LogP contribution in [-0.2, 0) is 0 Å². The normalized spacial score (nSPS) is 10.9. The summed E-state index contributed by atoms with van der Waals surface area (Å²) >= 11 is 0. The molecule has 0 unspecified atom stereocenters. The number of rotatable bonds is 6. The van der Waals surface area contributed by atoms with Gasteiger partial charge in [0.2, 0.25) is 5.95 Å². The van der Waals surface area contributed by atoms with Crippen molar-refractivity contribution in [2.45, 2.75) is 19.9 Å². The van der Waals surface area contributed by atoms with E-state index < -0.39 is 0 Å². The Morgan fingerprint density at radius 1 is 1.03 bits per heavy atom. The van der Waals surface area contributed by atoms with Crippen LogP contribution >= 0.6 is 0 Å². The van der Waals surface area contributed by atoms with E-state index in [9.17, 15) is 9.90 Å². The van der Waals surface area contributed by atoms with E-state index in [-0.39, 0.29) is 17.7 Å². The summed E-state index contributed by atoms with van der Waals surface area (Å²) in [6.07, 6.45) is 1.74. The lowest BCUT2D eigenvalue weighted by Gasteiger charge is -2.14. The average molecular weight is 442 g/mol. The van der Waals surface area contributed by atoms with Crippen LogP contribution < -0.4 is 15.5 Å². The van der Waals surface area contributed by atoms with E-state index in [1.165, 1.54) is 0 Å². The molecular weight excluding hydrogens is 414 g/mol. The van der Waals surface area contributed by atoms with Crippen LogP contribution in [0.3, 0.4) is 0 Å². The number of phenols is 1. The van der Waals surface area contributed by atoms with Crippen LogP contribution in [0.5, 0.6) is 5.75 Å². The highest BCUT2D eigenvalue weighted by Gasteiger charge is 2.12. The molecule has 0 spiro atoms. The number of anilines is 3. The zero-order chi connectivity index (χ0) is 23.5. The Labute approximate surface area is 193 Å². The molecule has 0 bridgehead atoms. The quantitative estimate of drug-likeness (QED) is 0.384. The number of benzene rings is 3. The number of carbonyl (C=O) groups excluding carboxylic acids is 1. The summed E-state index contributed by atoms with van der Waals surface area (Å²) in [7, 11) is 3.87. The Hall–Kier alpha value is -4.13. The minimum atomic E-state index is -0.197. The van der Waals surface area contributed by atoms with Gasteiger partial charge in [0.25, 0.3) is 5.91 Å². The lowest BCUT2D eigenvalue weighted by atomic mass is 10.0. The first-order chi connectivity index (χ1) is 15.8. The average Bonchev–Trinajstić information content (AvgIpc) is 2.78. The number of fused-ring (bicyclic) bond motifs is 1. The number of amides is 1. The van der Waals surface area contributed by atoms with Crippen molar-refractivity contribution in [3.05, 3.63) is 72.4 Å². The highest BCUT2D eigenvalue weighted by molar-refractivity contribution is 6.05. The zero-order valence-electron chi connectivity index (χ0n) is 19.1. The molecule has 168 valence electrons. The zero-order valence-corrected chi connectivity index (χ0v) is 19.1. The molecule has 3 aromatic carbocycles. The molecule has 7 nitrogen and oxygen atoms in total. The topological polar surface area (TPSA) is 90.4 Å². The summed E-state index contributed by atoms with van der Waals surface area (Å²) in [5.41, 5.74) is 4.23. The second kappa shape index (κ2) is 9.16. The largest absolute Gasteiger partial charge is 0.507 e. The number of aromatic hydroxyl groups is 1. The van der Waals surface area contributed by atoms with Crippen molar-refractivity contribution < 1.29 is 9.90 Å². The predicted octanol–water partition coefficient (Wildman–Crippen LogP) is 5.14. The summed E-state index contributed by atoms with van der Waals surface area (Å²) in [6, 6.07) is 18.5. The van der Waals surface area contributed by atoms with Gasteiger partial charge >= 0.3 is 0 Å². The first kappa shape index (κ1) is 22.1. The summed E-state index contributed by atoms with van der Waals surface area (Å²) < 4.78 is 0. The van der Waals surface area contributed by atoms with E-state index in [1.807, 2.05) is 81.4 Å². The van der Waals surface area contributed by atoms with Crippen LogP contribution in [0.4, 0.5) is 17.3 Å². The van der Waals surface area contributed by atoms with Gasteiger partial charge in [0.1, 0.15) is 5.75 Å². The fraction of sp³-hybridized carbons (Fsp3) is 0.192. The molecule has 0 fully saturated rings. The van der Waals surface area contributed by atoms with Crippen molar-refractivity contribution in [1.29, 1.82) is 0 Å². The first-order valence-electron chi connectivity index (χ1n) is 10.8. The summed E-state index contributed by atoms with van der Waals surface area (Å²) in [5, 5.41) is 17.6. The first-order valence-corrected chi connectivity index (χ1v) is 10.8. The third kappa shape index (κ3) is 5.03. The number of aromatic nitrogens is 2. The third-order valence-electron chi connectivity index (χ3n) is 5.17. The Kier molecular flexibility index (Phi) is 6.13. The molecule has 0 atom stereocenters. The smallest absolute Gasteiger partial charge is 0.255 e. The number of carbonyl (C=O) groups is 1. The molecule has 7 heteroatoms. The Bertz CT molecular complexity index is 1320. The standard InChI is InChI=1S/C26H27N5O2/c1-16(2)28-26-27-15-19-13-22(24(32)14-23(19)30-26)17-7-5-9-20(11-17)29-25(33)18-8-6-10-21(12-18)31(3)4/h5-16,32H,1-4H3,(H,29,33)(H,27,28,30). The molecule has 0 aliphatic rings. The summed E-state index contributed by atoms with van der Waals surface area (Å²) in [6.45, 7) is 4.03. The second-order valence-electron chi connectivity index (χ2n) is 8.40. The van der Waals surface area contributed by atoms with E-state index in [1.54, 1.807) is 18.3 Å². The van der Waals surface area contributed by atoms with E-state index in [2.05, 4.69) is 20.6 Å². The predicted molar refractivity (Wildman–Crippen MR) is 134 cm³/mol. The minimum Gasteiger partial charge on any atom is -0.507 e. The number of phenolic OH excluding ortho intramolecular Hbond substituents is 1. The van der Waals surface area contributed by atoms with Crippen LogP contribution in [0.15, 0.2) is 66.9 Å². The van der Waals surface area contributed by atoms with Crippen molar-refractivity contribution in [2.24, 2.45) is 0 Å². The van der Waals surface area contributed by atoms with Gasteiger partial charge < -0.3 is 20.6 Å². The monoisotopic (exact) mass is 441 g/mol. The van der Waals surface area contributed by atoms with Gasteiger partial charge in [-0.2, -0.15) is 0 Å². The molecule has 33 heavy (non-hydrogen) atoms. The minimum absolute atomic E-state index is 0.110. The van der Waals surface area contributed by atoms with Crippen molar-refractivity contribution >= 4 is 34.1 Å². The van der Waals surface area contributed by atoms with Crippen molar-refractivity contribution in [3.8, 4) is 16.9 Å². The molecule has 3 N–H and O–H groups in total. The van der Waals surface area contributed by atoms with Crippen LogP contribution in [0.2, 0.25) is 0 Å². The number of nitrogens with zero attached hydrogens (tertiary/aromatic N) is 3. The summed E-state index contributed by atoms with van der Waals surface area (Å²) in [5.74, 6) is 0.434. The van der Waals surface area contributed by atoms with Gasteiger partial charge in [-0.05, 0) is 55.8 Å². The van der Waals surface area contributed by atoms with Gasteiger partial charge in [-0.25, -0.2) is 9.97 Å². The van der Waals surface area contributed by atoms with E-state index in [0.29, 0.717) is 28.3 Å². The Balaban J connectivity index is 1.61. The maximum atomic E-state index is 12.8. The van der Waals surface area contributed by atoms with Crippen molar-refractivity contribution in [3.63, 3.8) is 0 Å². The van der Waals surface area contributed by atoms with Crippen LogP contribution in [0, 0.1) is 0 Å². The molecule has 1 amide bonds. The SMILES string of the molecule is CC(C)Nc1ncc2cc(-c3cccc(NC(=O)c4cccc(N(C)C)c4)c3)c(O)cc2n1. The molecule has 0 saturated heterocycles. The number of hydrogen-bond acceptors (Lipinski definition) is 6. The van der Waals surface area contributed by atoms with Crippen LogP contribution in [0.25, 0.3) is 22.0 Å². The maximum Gasteiger partial charge on any atom is 0.255 e. The lowest BCUT2D eigenvalue weighted by molar-refractivity contribution is 0.102. The van der Waals surface area contributed by atoms with Gasteiger partial charge in [-0.3, -0.25) is 4.79 Å². The Morgan fingerprint density at radius 2 is 1.82 bits per heavy atom. The van der Waals surface area contributed by atoms with Crippen molar-refractivity contribution in [1.82, 2.24) is 9.97 Å². The molecule has 4 rings (SSSR count). The molecular formula is C26H27N5O2. The third-order valence-corrected chi connectivity index (χ3v) is 5.17. The molecule has 0 saturated carbocycles. The molecule has 0 aliphatic heterocycles. The highest BCUT2D eigenvalue weighted by atomic mass is 16.3. The van der Waals surface area contributed by atoms with E-state index in [0.717, 1.165) is 16.6 Å². The lowest BCUT2D eigenvalue weighted by Crippen LogP contribution is -2.14. The maximum absolute atomic E-state index is 12.8. The number of hydrogen-bond donors (Lipinski definition) is 3. The van der Waals surface area contributed by atoms with Crippen LogP contribution in [-0.4, -0.2) is 41.1 Å². The highest BCUT2D eigenvalue weighted by Crippen LogP contribution is 2.34. The molecule has 0 aliphatic carbocycles. The Morgan fingerprint density at radius 3 is 2.58 bits per heavy atom. The van der Waals surface area contributed by atoms with Gasteiger partial charge in [0, 0.05) is 60.3 Å². The fourth-order valence-corrected chi connectivity index (χ4v) is 3.52. The van der Waals surface area contributed by atoms with Gasteiger partial charge in [0.05, 0.1) is 5.52 Å². The molecule has 1 aromatic heterocycles. The fourth-order valence-electron chi connectivity index (χ4n) is 3.52. The molecule has 4 aromatic rings.